The highest BCUT2D eigenvalue weighted by molar-refractivity contribution is 7.92. The van der Waals surface area contributed by atoms with Crippen molar-refractivity contribution in [3.8, 4) is 22.4 Å². The van der Waals surface area contributed by atoms with E-state index >= 15 is 0 Å². The SMILES string of the molecule is CCOC(=O)c1cnc2ccc(-c3c(-c4ccc(F)cc4)nn(SF)c3C3CC3)cn12. The van der Waals surface area contributed by atoms with Gasteiger partial charge in [-0.05, 0) is 56.2 Å². The van der Waals surface area contributed by atoms with Crippen LogP contribution in [0.5, 0.6) is 0 Å². The molecule has 31 heavy (non-hydrogen) atoms. The number of carbonyl (C=O) groups is 1. The van der Waals surface area contributed by atoms with Crippen LogP contribution in [0.4, 0.5) is 8.28 Å². The number of imidazole rings is 1. The molecule has 0 bridgehead atoms. The molecule has 1 saturated carbocycles. The van der Waals surface area contributed by atoms with Crippen molar-refractivity contribution in [2.45, 2.75) is 25.7 Å². The van der Waals surface area contributed by atoms with E-state index in [-0.39, 0.29) is 30.7 Å². The van der Waals surface area contributed by atoms with Crippen molar-refractivity contribution in [2.75, 3.05) is 6.61 Å². The zero-order valence-corrected chi connectivity index (χ0v) is 17.4. The van der Waals surface area contributed by atoms with Crippen LogP contribution in [-0.2, 0) is 4.74 Å². The quantitative estimate of drug-likeness (QED) is 0.374. The first kappa shape index (κ1) is 19.7. The second-order valence-electron chi connectivity index (χ2n) is 7.34. The molecule has 3 heterocycles. The van der Waals surface area contributed by atoms with Crippen molar-refractivity contribution in [1.29, 1.82) is 0 Å². The highest BCUT2D eigenvalue weighted by Gasteiger charge is 2.34. The van der Waals surface area contributed by atoms with Crippen LogP contribution >= 0.6 is 12.3 Å². The van der Waals surface area contributed by atoms with Gasteiger partial charge in [-0.15, -0.1) is 3.89 Å². The zero-order valence-electron chi connectivity index (χ0n) is 16.6. The largest absolute Gasteiger partial charge is 0.461 e. The fraction of sp³-hybridized carbons (Fsp3) is 0.227. The number of halogens is 2. The average molecular weight is 440 g/mol. The van der Waals surface area contributed by atoms with Gasteiger partial charge in [0.1, 0.15) is 17.2 Å². The van der Waals surface area contributed by atoms with Crippen LogP contribution in [-0.4, -0.2) is 31.1 Å². The molecule has 0 amide bonds. The van der Waals surface area contributed by atoms with E-state index in [1.807, 2.05) is 6.07 Å². The smallest absolute Gasteiger partial charge is 0.356 e. The molecule has 1 aliphatic carbocycles. The molecule has 6 nitrogen and oxygen atoms in total. The van der Waals surface area contributed by atoms with Crippen LogP contribution in [0.2, 0.25) is 0 Å². The minimum absolute atomic E-state index is 0.0494. The Bertz CT molecular complexity index is 1280. The van der Waals surface area contributed by atoms with Crippen molar-refractivity contribution in [3.05, 3.63) is 66.0 Å². The molecule has 1 fully saturated rings. The molecule has 0 radical (unpaired) electrons. The number of carbonyl (C=O) groups excluding carboxylic acids is 1. The zero-order chi connectivity index (χ0) is 21.5. The maximum absolute atomic E-state index is 13.8. The number of fused-ring (bicyclic) bond motifs is 1. The number of benzene rings is 1. The normalized spacial score (nSPS) is 13.6. The highest BCUT2D eigenvalue weighted by atomic mass is 32.2. The molecule has 1 aromatic carbocycles. The van der Waals surface area contributed by atoms with Gasteiger partial charge in [-0.2, -0.15) is 9.19 Å². The minimum Gasteiger partial charge on any atom is -0.461 e. The molecule has 0 N–H and O–H groups in total. The van der Waals surface area contributed by atoms with Crippen LogP contribution in [0, 0.1) is 5.82 Å². The first-order chi connectivity index (χ1) is 15.1. The van der Waals surface area contributed by atoms with Gasteiger partial charge in [0.2, 0.25) is 0 Å². The van der Waals surface area contributed by atoms with E-state index in [1.54, 1.807) is 35.7 Å². The number of pyridine rings is 1. The van der Waals surface area contributed by atoms with Gasteiger partial charge in [0.15, 0.2) is 18.0 Å². The summed E-state index contributed by atoms with van der Waals surface area (Å²) in [6.45, 7) is 2.00. The standard InChI is InChI=1S/C22H18F2N4O2S/c1-2-30-22(29)17-11-25-18-10-7-15(12-27(17)18)19-20(13-5-8-16(23)9-6-13)26-28(31-24)21(19)14-3-4-14/h5-12,14H,2-4H2,1H3. The van der Waals surface area contributed by atoms with E-state index in [0.29, 0.717) is 22.6 Å². The highest BCUT2D eigenvalue weighted by Crippen LogP contribution is 2.48. The second kappa shape index (κ2) is 7.81. The number of esters is 1. The maximum Gasteiger partial charge on any atom is 0.356 e. The Balaban J connectivity index is 1.73. The summed E-state index contributed by atoms with van der Waals surface area (Å²) < 4.78 is 35.4. The Hall–Kier alpha value is -3.20. The van der Waals surface area contributed by atoms with E-state index in [0.717, 1.165) is 29.7 Å². The lowest BCUT2D eigenvalue weighted by atomic mass is 9.98. The average Bonchev–Trinajstić information content (AvgIpc) is 3.41. The molecule has 9 heteroatoms. The summed E-state index contributed by atoms with van der Waals surface area (Å²) in [5.41, 5.74) is 4.45. The molecule has 4 aromatic rings. The number of aromatic nitrogens is 4. The molecule has 3 aromatic heterocycles. The predicted molar refractivity (Wildman–Crippen MR) is 114 cm³/mol. The summed E-state index contributed by atoms with van der Waals surface area (Å²) in [5, 5.41) is 4.49. The van der Waals surface area contributed by atoms with E-state index in [1.165, 1.54) is 22.4 Å². The molecular weight excluding hydrogens is 422 g/mol. The topological polar surface area (TPSA) is 61.4 Å². The summed E-state index contributed by atoms with van der Waals surface area (Å²) in [5.74, 6) is -0.628. The van der Waals surface area contributed by atoms with E-state index < -0.39 is 5.97 Å². The van der Waals surface area contributed by atoms with Crippen molar-refractivity contribution in [2.24, 2.45) is 0 Å². The summed E-state index contributed by atoms with van der Waals surface area (Å²) in [4.78, 5) is 16.6. The Kier molecular flexibility index (Phi) is 4.97. The number of nitrogens with zero attached hydrogens (tertiary/aromatic N) is 4. The Morgan fingerprint density at radius 1 is 1.19 bits per heavy atom. The lowest BCUT2D eigenvalue weighted by Gasteiger charge is -2.09. The van der Waals surface area contributed by atoms with Gasteiger partial charge in [-0.3, -0.25) is 4.40 Å². The van der Waals surface area contributed by atoms with Gasteiger partial charge in [-0.25, -0.2) is 14.2 Å². The van der Waals surface area contributed by atoms with Crippen molar-refractivity contribution >= 4 is 24.0 Å². The van der Waals surface area contributed by atoms with E-state index in [2.05, 4.69) is 10.1 Å². The van der Waals surface area contributed by atoms with Crippen molar-refractivity contribution < 1.29 is 17.8 Å². The lowest BCUT2D eigenvalue weighted by Crippen LogP contribution is -2.08. The number of rotatable bonds is 6. The van der Waals surface area contributed by atoms with Gasteiger partial charge in [-0.1, -0.05) is 0 Å². The molecule has 1 aliphatic rings. The van der Waals surface area contributed by atoms with Crippen LogP contribution in [0.1, 0.15) is 41.9 Å². The Labute approximate surface area is 181 Å². The lowest BCUT2D eigenvalue weighted by molar-refractivity contribution is 0.0518. The van der Waals surface area contributed by atoms with Crippen molar-refractivity contribution in [1.82, 2.24) is 18.6 Å². The molecule has 5 rings (SSSR count). The second-order valence-corrected chi connectivity index (χ2v) is 7.83. The Morgan fingerprint density at radius 3 is 2.61 bits per heavy atom. The molecule has 158 valence electrons. The first-order valence-corrected chi connectivity index (χ1v) is 10.6. The predicted octanol–water partition coefficient (Wildman–Crippen LogP) is 5.44. The molecule has 0 atom stereocenters. The first-order valence-electron chi connectivity index (χ1n) is 9.93. The summed E-state index contributed by atoms with van der Waals surface area (Å²) in [7, 11) is 0. The van der Waals surface area contributed by atoms with Crippen LogP contribution < -0.4 is 0 Å². The van der Waals surface area contributed by atoms with E-state index in [9.17, 15) is 13.1 Å². The molecule has 0 unspecified atom stereocenters. The monoisotopic (exact) mass is 440 g/mol. The number of hydrogen-bond acceptors (Lipinski definition) is 5. The van der Waals surface area contributed by atoms with Gasteiger partial charge in [0.25, 0.3) is 0 Å². The fourth-order valence-electron chi connectivity index (χ4n) is 3.76. The van der Waals surface area contributed by atoms with E-state index in [4.69, 9.17) is 4.74 Å². The van der Waals surface area contributed by atoms with Crippen molar-refractivity contribution in [3.63, 3.8) is 0 Å². The number of ether oxygens (including phenoxy) is 1. The minimum atomic E-state index is -0.469. The molecular formula is C22H18F2N4O2S. The molecule has 0 aliphatic heterocycles. The third-order valence-electron chi connectivity index (χ3n) is 5.32. The van der Waals surface area contributed by atoms with Gasteiger partial charge >= 0.3 is 5.97 Å². The molecule has 0 saturated heterocycles. The Morgan fingerprint density at radius 2 is 1.94 bits per heavy atom. The summed E-state index contributed by atoms with van der Waals surface area (Å²) in [6.07, 6.45) is 5.16. The van der Waals surface area contributed by atoms with Crippen LogP contribution in [0.3, 0.4) is 0 Å². The third kappa shape index (κ3) is 3.48. The maximum atomic E-state index is 13.8. The number of hydrogen-bond donors (Lipinski definition) is 0. The van der Waals surface area contributed by atoms with Crippen LogP contribution in [0.15, 0.2) is 48.8 Å². The van der Waals surface area contributed by atoms with Crippen LogP contribution in [0.25, 0.3) is 28.0 Å². The summed E-state index contributed by atoms with van der Waals surface area (Å²) >= 11 is 0.0494. The fourth-order valence-corrected chi connectivity index (χ4v) is 4.19. The van der Waals surface area contributed by atoms with Gasteiger partial charge in [0, 0.05) is 28.8 Å². The molecule has 0 spiro atoms. The van der Waals surface area contributed by atoms with Gasteiger partial charge < -0.3 is 4.74 Å². The van der Waals surface area contributed by atoms with Gasteiger partial charge in [0.05, 0.1) is 18.5 Å². The summed E-state index contributed by atoms with van der Waals surface area (Å²) in [6, 6.07) is 9.64. The third-order valence-corrected chi connectivity index (χ3v) is 5.72.